The maximum absolute atomic E-state index is 12.1. The fourth-order valence-corrected chi connectivity index (χ4v) is 3.36. The second-order valence-electron chi connectivity index (χ2n) is 5.55. The number of hydrogen-bond donors (Lipinski definition) is 1. The topological polar surface area (TPSA) is 125 Å². The van der Waals surface area contributed by atoms with Gasteiger partial charge in [-0.1, -0.05) is 0 Å². The summed E-state index contributed by atoms with van der Waals surface area (Å²) in [5.74, 6) is -1.22. The van der Waals surface area contributed by atoms with Crippen molar-refractivity contribution in [2.75, 3.05) is 19.5 Å². The molecule has 1 fully saturated rings. The zero-order valence-corrected chi connectivity index (χ0v) is 14.2. The first-order valence-electron chi connectivity index (χ1n) is 7.49. The van der Waals surface area contributed by atoms with Crippen LogP contribution in [0.1, 0.15) is 19.8 Å². The molecule has 0 aromatic carbocycles. The van der Waals surface area contributed by atoms with Gasteiger partial charge in [0.25, 0.3) is 10.1 Å². The van der Waals surface area contributed by atoms with Gasteiger partial charge in [0.1, 0.15) is 0 Å². The molecule has 1 aliphatic carbocycles. The molecule has 1 unspecified atom stereocenters. The molecule has 1 aliphatic rings. The van der Waals surface area contributed by atoms with Crippen molar-refractivity contribution in [2.24, 2.45) is 11.8 Å². The minimum Gasteiger partial charge on any atom is -0.492 e. The second-order valence-corrected chi connectivity index (χ2v) is 7.15. The number of nitrogens with zero attached hydrogens (tertiary/aromatic N) is 2. The Hall–Kier alpha value is -1.94. The molecule has 1 saturated carbocycles. The summed E-state index contributed by atoms with van der Waals surface area (Å²) >= 11 is 0. The van der Waals surface area contributed by atoms with Crippen LogP contribution in [-0.4, -0.2) is 55.3 Å². The van der Waals surface area contributed by atoms with Crippen molar-refractivity contribution >= 4 is 16.1 Å². The number of carbonyl (C=O) groups excluding carboxylic acids is 1. The van der Waals surface area contributed by atoms with Crippen molar-refractivity contribution in [3.8, 4) is 11.8 Å². The Morgan fingerprint density at radius 2 is 2.08 bits per heavy atom. The zero-order chi connectivity index (χ0) is 17.7. The van der Waals surface area contributed by atoms with Crippen LogP contribution in [0.15, 0.2) is 12.1 Å². The summed E-state index contributed by atoms with van der Waals surface area (Å²) in [5.41, 5.74) is 0. The van der Waals surface area contributed by atoms with Crippen molar-refractivity contribution in [3.05, 3.63) is 12.1 Å². The Kier molecular flexibility index (Phi) is 5.94. The van der Waals surface area contributed by atoms with Gasteiger partial charge in [-0.2, -0.15) is 8.42 Å². The average molecular weight is 360 g/mol. The van der Waals surface area contributed by atoms with Crippen LogP contribution in [0.3, 0.4) is 0 Å². The number of rotatable bonds is 7. The van der Waals surface area contributed by atoms with Crippen LogP contribution in [0.2, 0.25) is 0 Å². The number of ether oxygens (including phenoxy) is 2. The third kappa shape index (κ3) is 5.31. The fraction of sp³-hybridized carbons (Fsp3) is 0.643. The van der Waals surface area contributed by atoms with Gasteiger partial charge in [0.05, 0.1) is 31.5 Å². The van der Waals surface area contributed by atoms with Crippen LogP contribution in [0.25, 0.3) is 0 Å². The highest BCUT2D eigenvalue weighted by molar-refractivity contribution is 7.86. The predicted octanol–water partition coefficient (Wildman–Crippen LogP) is 0.495. The molecule has 0 bridgehead atoms. The number of aromatic hydroxyl groups is 1. The lowest BCUT2D eigenvalue weighted by Crippen LogP contribution is -2.25. The van der Waals surface area contributed by atoms with E-state index >= 15 is 0 Å². The number of aromatic nitrogens is 2. The van der Waals surface area contributed by atoms with Crippen LogP contribution in [0.5, 0.6) is 11.8 Å². The Labute approximate surface area is 140 Å². The Morgan fingerprint density at radius 3 is 2.67 bits per heavy atom. The molecule has 2 rings (SSSR count). The minimum atomic E-state index is -3.61. The molecule has 0 aliphatic heterocycles. The SMILES string of the molecule is CCOC(=O)[C@@H]1CC(OS(C)(=O)=O)C[C@H]1COc1ccc(O)nn1. The predicted molar refractivity (Wildman–Crippen MR) is 81.8 cm³/mol. The summed E-state index contributed by atoms with van der Waals surface area (Å²) in [6.07, 6.45) is 0.986. The lowest BCUT2D eigenvalue weighted by atomic mass is 9.97. The van der Waals surface area contributed by atoms with E-state index in [4.69, 9.17) is 18.8 Å². The van der Waals surface area contributed by atoms with Gasteiger partial charge >= 0.3 is 5.97 Å². The molecular weight excluding hydrogens is 340 g/mol. The number of hydrogen-bond acceptors (Lipinski definition) is 9. The first kappa shape index (κ1) is 18.4. The monoisotopic (exact) mass is 360 g/mol. The quantitative estimate of drug-likeness (QED) is 0.546. The Morgan fingerprint density at radius 1 is 1.33 bits per heavy atom. The van der Waals surface area contributed by atoms with E-state index in [0.29, 0.717) is 6.42 Å². The van der Waals surface area contributed by atoms with E-state index in [0.717, 1.165) is 6.26 Å². The van der Waals surface area contributed by atoms with Gasteiger partial charge in [0, 0.05) is 18.1 Å². The lowest BCUT2D eigenvalue weighted by Gasteiger charge is -2.17. The molecule has 1 N–H and O–H groups in total. The normalized spacial score (nSPS) is 23.8. The Bertz CT molecular complexity index is 662. The molecule has 1 aromatic rings. The second kappa shape index (κ2) is 7.75. The third-order valence-corrected chi connectivity index (χ3v) is 4.24. The van der Waals surface area contributed by atoms with Crippen molar-refractivity contribution < 1.29 is 32.0 Å². The fourth-order valence-electron chi connectivity index (χ4n) is 2.70. The summed E-state index contributed by atoms with van der Waals surface area (Å²) in [4.78, 5) is 12.1. The van der Waals surface area contributed by atoms with E-state index in [1.165, 1.54) is 12.1 Å². The maximum atomic E-state index is 12.1. The van der Waals surface area contributed by atoms with Crippen LogP contribution in [0.4, 0.5) is 0 Å². The van der Waals surface area contributed by atoms with E-state index in [2.05, 4.69) is 10.2 Å². The van der Waals surface area contributed by atoms with Gasteiger partial charge in [-0.05, 0) is 19.8 Å². The number of esters is 1. The van der Waals surface area contributed by atoms with Crippen molar-refractivity contribution in [2.45, 2.75) is 25.9 Å². The highest BCUT2D eigenvalue weighted by Gasteiger charge is 2.42. The molecule has 1 aromatic heterocycles. The van der Waals surface area contributed by atoms with Gasteiger partial charge in [-0.25, -0.2) is 0 Å². The average Bonchev–Trinajstić information content (AvgIpc) is 2.88. The highest BCUT2D eigenvalue weighted by atomic mass is 32.2. The molecule has 1 heterocycles. The van der Waals surface area contributed by atoms with E-state index in [-0.39, 0.29) is 37.3 Å². The highest BCUT2D eigenvalue weighted by Crippen LogP contribution is 2.36. The summed E-state index contributed by atoms with van der Waals surface area (Å²) < 4.78 is 38.1. The summed E-state index contributed by atoms with van der Waals surface area (Å²) in [5, 5.41) is 16.2. The Balaban J connectivity index is 2.02. The van der Waals surface area contributed by atoms with Crippen molar-refractivity contribution in [1.29, 1.82) is 0 Å². The molecular formula is C14H20N2O7S. The molecule has 24 heavy (non-hydrogen) atoms. The molecule has 0 radical (unpaired) electrons. The first-order valence-corrected chi connectivity index (χ1v) is 9.30. The molecule has 0 saturated heterocycles. The zero-order valence-electron chi connectivity index (χ0n) is 13.4. The molecule has 0 spiro atoms. The standard InChI is InChI=1S/C14H20N2O7S/c1-3-21-14(18)11-7-10(23-24(2,19)20)6-9(11)8-22-13-5-4-12(17)15-16-13/h4-5,9-11H,3,6-8H2,1-2H3,(H,15,17)/t9-,10?,11+/m0/s1. The van der Waals surface area contributed by atoms with Crippen LogP contribution < -0.4 is 4.74 Å². The molecule has 9 nitrogen and oxygen atoms in total. The largest absolute Gasteiger partial charge is 0.492 e. The molecule has 3 atom stereocenters. The molecule has 134 valence electrons. The minimum absolute atomic E-state index is 0.132. The van der Waals surface area contributed by atoms with Crippen LogP contribution >= 0.6 is 0 Å². The van der Waals surface area contributed by atoms with Gasteiger partial charge in [-0.15, -0.1) is 10.2 Å². The van der Waals surface area contributed by atoms with Gasteiger partial charge < -0.3 is 14.6 Å². The van der Waals surface area contributed by atoms with E-state index in [1.54, 1.807) is 6.92 Å². The van der Waals surface area contributed by atoms with Crippen LogP contribution in [-0.2, 0) is 23.8 Å². The van der Waals surface area contributed by atoms with E-state index in [9.17, 15) is 13.2 Å². The lowest BCUT2D eigenvalue weighted by molar-refractivity contribution is -0.149. The summed E-state index contributed by atoms with van der Waals surface area (Å²) in [6.45, 7) is 2.07. The van der Waals surface area contributed by atoms with E-state index < -0.39 is 28.1 Å². The molecule has 10 heteroatoms. The maximum Gasteiger partial charge on any atom is 0.309 e. The summed E-state index contributed by atoms with van der Waals surface area (Å²) in [6, 6.07) is 2.77. The smallest absolute Gasteiger partial charge is 0.309 e. The first-order chi connectivity index (χ1) is 11.3. The van der Waals surface area contributed by atoms with Gasteiger partial charge in [0.15, 0.2) is 0 Å². The van der Waals surface area contributed by atoms with Crippen molar-refractivity contribution in [3.63, 3.8) is 0 Å². The van der Waals surface area contributed by atoms with E-state index in [1.807, 2.05) is 0 Å². The van der Waals surface area contributed by atoms with Crippen LogP contribution in [0, 0.1) is 11.8 Å². The third-order valence-electron chi connectivity index (χ3n) is 3.62. The van der Waals surface area contributed by atoms with Crippen molar-refractivity contribution in [1.82, 2.24) is 10.2 Å². The summed E-state index contributed by atoms with van der Waals surface area (Å²) in [7, 11) is -3.61. The van der Waals surface area contributed by atoms with Gasteiger partial charge in [0.2, 0.25) is 11.8 Å². The molecule has 0 amide bonds. The number of carbonyl (C=O) groups is 1. The van der Waals surface area contributed by atoms with Gasteiger partial charge in [-0.3, -0.25) is 8.98 Å².